The number of benzene rings is 2. The first kappa shape index (κ1) is 12.1. The highest BCUT2D eigenvalue weighted by Crippen LogP contribution is 2.12. The molecule has 0 bridgehead atoms. The molecule has 5 heteroatoms. The average Bonchev–Trinajstić information content (AvgIpc) is 2.48. The number of rotatable bonds is 2. The van der Waals surface area contributed by atoms with Crippen LogP contribution >= 0.6 is 0 Å². The van der Waals surface area contributed by atoms with Gasteiger partial charge in [-0.3, -0.25) is 4.79 Å². The van der Waals surface area contributed by atoms with Crippen molar-refractivity contribution in [3.05, 3.63) is 70.8 Å². The number of hydrogen-bond acceptors (Lipinski definition) is 4. The zero-order valence-electron chi connectivity index (χ0n) is 10.5. The summed E-state index contributed by atoms with van der Waals surface area (Å²) in [6.07, 6.45) is 2.79. The molecular formula is C15H11N3O2. The van der Waals surface area contributed by atoms with Crippen LogP contribution in [0.4, 0.5) is 0 Å². The van der Waals surface area contributed by atoms with Gasteiger partial charge in [0.05, 0.1) is 17.1 Å². The molecule has 1 N–H and O–H groups in total. The molecule has 2 aromatic carbocycles. The summed E-state index contributed by atoms with van der Waals surface area (Å²) in [6.45, 7) is 0. The number of phenolic OH excluding ortho intramolecular Hbond substituents is 1. The second-order valence-electron chi connectivity index (χ2n) is 4.21. The first-order valence-corrected chi connectivity index (χ1v) is 6.04. The van der Waals surface area contributed by atoms with Gasteiger partial charge >= 0.3 is 0 Å². The topological polar surface area (TPSA) is 67.5 Å². The van der Waals surface area contributed by atoms with Crippen LogP contribution in [0, 0.1) is 0 Å². The summed E-state index contributed by atoms with van der Waals surface area (Å²) >= 11 is 0. The molecule has 5 nitrogen and oxygen atoms in total. The second kappa shape index (κ2) is 4.97. The SMILES string of the molecule is O=c1c2ccccc2ncn1N=Cc1ccccc1O. The molecule has 0 saturated carbocycles. The summed E-state index contributed by atoms with van der Waals surface area (Å²) in [5.74, 6) is 0.109. The van der Waals surface area contributed by atoms with Gasteiger partial charge < -0.3 is 5.11 Å². The normalized spacial score (nSPS) is 11.2. The van der Waals surface area contributed by atoms with E-state index in [1.54, 1.807) is 42.5 Å². The van der Waals surface area contributed by atoms with E-state index in [0.29, 0.717) is 16.5 Å². The van der Waals surface area contributed by atoms with E-state index in [1.807, 2.05) is 6.07 Å². The van der Waals surface area contributed by atoms with Crippen LogP contribution in [0.15, 0.2) is 64.8 Å². The molecule has 3 aromatic rings. The molecule has 1 aromatic heterocycles. The summed E-state index contributed by atoms with van der Waals surface area (Å²) < 4.78 is 1.15. The van der Waals surface area contributed by atoms with Gasteiger partial charge in [-0.2, -0.15) is 9.78 Å². The molecule has 98 valence electrons. The first-order chi connectivity index (χ1) is 9.75. The quantitative estimate of drug-likeness (QED) is 0.720. The minimum absolute atomic E-state index is 0.109. The zero-order valence-corrected chi connectivity index (χ0v) is 10.5. The summed E-state index contributed by atoms with van der Waals surface area (Å²) in [5, 5.41) is 14.2. The molecule has 0 fully saturated rings. The Morgan fingerprint density at radius 3 is 2.70 bits per heavy atom. The van der Waals surface area contributed by atoms with Crippen LogP contribution in [0.3, 0.4) is 0 Å². The molecule has 20 heavy (non-hydrogen) atoms. The maximum Gasteiger partial charge on any atom is 0.281 e. The lowest BCUT2D eigenvalue weighted by Gasteiger charge is -2.01. The molecule has 0 aliphatic heterocycles. The number of para-hydroxylation sites is 2. The maximum atomic E-state index is 12.2. The monoisotopic (exact) mass is 265 g/mol. The van der Waals surface area contributed by atoms with Crippen LogP contribution in [-0.4, -0.2) is 21.0 Å². The molecule has 0 atom stereocenters. The van der Waals surface area contributed by atoms with Gasteiger partial charge in [-0.25, -0.2) is 4.98 Å². The molecule has 1 heterocycles. The van der Waals surface area contributed by atoms with Gasteiger partial charge in [0.1, 0.15) is 12.1 Å². The Hall–Kier alpha value is -2.95. The number of aromatic nitrogens is 2. The van der Waals surface area contributed by atoms with E-state index in [2.05, 4.69) is 10.1 Å². The summed E-state index contributed by atoms with van der Waals surface area (Å²) in [7, 11) is 0. The molecule has 3 rings (SSSR count). The predicted molar refractivity (Wildman–Crippen MR) is 77.1 cm³/mol. The highest BCUT2D eigenvalue weighted by atomic mass is 16.3. The Morgan fingerprint density at radius 1 is 1.10 bits per heavy atom. The van der Waals surface area contributed by atoms with Gasteiger partial charge in [0.2, 0.25) is 0 Å². The van der Waals surface area contributed by atoms with Crippen molar-refractivity contribution in [1.29, 1.82) is 0 Å². The fourth-order valence-electron chi connectivity index (χ4n) is 1.86. The first-order valence-electron chi connectivity index (χ1n) is 6.04. The van der Waals surface area contributed by atoms with Crippen LogP contribution in [0.2, 0.25) is 0 Å². The Balaban J connectivity index is 2.06. The highest BCUT2D eigenvalue weighted by molar-refractivity contribution is 5.83. The largest absolute Gasteiger partial charge is 0.507 e. The minimum atomic E-state index is -0.248. The third kappa shape index (κ3) is 2.16. The molecule has 0 unspecified atom stereocenters. The molecule has 0 spiro atoms. The zero-order chi connectivity index (χ0) is 13.9. The van der Waals surface area contributed by atoms with Crippen LogP contribution in [0.25, 0.3) is 10.9 Å². The van der Waals surface area contributed by atoms with E-state index in [0.717, 1.165) is 4.68 Å². The molecule has 0 aliphatic rings. The molecule has 0 radical (unpaired) electrons. The number of hydrogen-bond donors (Lipinski definition) is 1. The van der Waals surface area contributed by atoms with Crippen molar-refractivity contribution in [2.24, 2.45) is 5.10 Å². The van der Waals surface area contributed by atoms with Gasteiger partial charge in [0, 0.05) is 5.56 Å². The number of phenols is 1. The van der Waals surface area contributed by atoms with Crippen LogP contribution in [-0.2, 0) is 0 Å². The molecule has 0 aliphatic carbocycles. The van der Waals surface area contributed by atoms with E-state index in [1.165, 1.54) is 12.5 Å². The fraction of sp³-hybridized carbons (Fsp3) is 0. The lowest BCUT2D eigenvalue weighted by atomic mass is 10.2. The predicted octanol–water partition coefficient (Wildman–Crippen LogP) is 1.98. The van der Waals surface area contributed by atoms with Gasteiger partial charge in [0.15, 0.2) is 0 Å². The highest BCUT2D eigenvalue weighted by Gasteiger charge is 2.02. The molecule has 0 saturated heterocycles. The summed E-state index contributed by atoms with van der Waals surface area (Å²) in [5.41, 5.74) is 0.918. The summed E-state index contributed by atoms with van der Waals surface area (Å²) in [6, 6.07) is 13.8. The number of aromatic hydroxyl groups is 1. The van der Waals surface area contributed by atoms with E-state index < -0.39 is 0 Å². The van der Waals surface area contributed by atoms with Crippen molar-refractivity contribution in [2.75, 3.05) is 0 Å². The van der Waals surface area contributed by atoms with Gasteiger partial charge in [-0.1, -0.05) is 24.3 Å². The van der Waals surface area contributed by atoms with Crippen LogP contribution < -0.4 is 5.56 Å². The Labute approximate surface area is 114 Å². The lowest BCUT2D eigenvalue weighted by molar-refractivity contribution is 0.474. The van der Waals surface area contributed by atoms with Crippen molar-refractivity contribution in [1.82, 2.24) is 9.66 Å². The lowest BCUT2D eigenvalue weighted by Crippen LogP contribution is -2.16. The van der Waals surface area contributed by atoms with E-state index in [4.69, 9.17) is 0 Å². The Kier molecular flexibility index (Phi) is 3.01. The van der Waals surface area contributed by atoms with Crippen molar-refractivity contribution in [2.45, 2.75) is 0 Å². The summed E-state index contributed by atoms with van der Waals surface area (Å²) in [4.78, 5) is 16.3. The van der Waals surface area contributed by atoms with Crippen molar-refractivity contribution in [3.63, 3.8) is 0 Å². The molecule has 0 amide bonds. The standard InChI is InChI=1S/C15H11N3O2/c19-14-8-4-1-5-11(14)9-17-18-10-16-13-7-3-2-6-12(13)15(18)20/h1-10,19H. The third-order valence-electron chi connectivity index (χ3n) is 2.91. The van der Waals surface area contributed by atoms with Gasteiger partial charge in [0.25, 0.3) is 5.56 Å². The Morgan fingerprint density at radius 2 is 1.85 bits per heavy atom. The maximum absolute atomic E-state index is 12.2. The van der Waals surface area contributed by atoms with E-state index in [-0.39, 0.29) is 11.3 Å². The van der Waals surface area contributed by atoms with E-state index in [9.17, 15) is 9.90 Å². The molecular weight excluding hydrogens is 254 g/mol. The van der Waals surface area contributed by atoms with Gasteiger partial charge in [-0.15, -0.1) is 0 Å². The van der Waals surface area contributed by atoms with Crippen LogP contribution in [0.1, 0.15) is 5.56 Å². The van der Waals surface area contributed by atoms with Crippen molar-refractivity contribution < 1.29 is 5.11 Å². The average molecular weight is 265 g/mol. The second-order valence-corrected chi connectivity index (χ2v) is 4.21. The van der Waals surface area contributed by atoms with Gasteiger partial charge in [-0.05, 0) is 24.3 Å². The third-order valence-corrected chi connectivity index (χ3v) is 2.91. The van der Waals surface area contributed by atoms with Crippen molar-refractivity contribution >= 4 is 17.1 Å². The fourth-order valence-corrected chi connectivity index (χ4v) is 1.86. The number of fused-ring (bicyclic) bond motifs is 1. The van der Waals surface area contributed by atoms with E-state index >= 15 is 0 Å². The smallest absolute Gasteiger partial charge is 0.281 e. The Bertz CT molecular complexity index is 853. The van der Waals surface area contributed by atoms with Crippen molar-refractivity contribution in [3.8, 4) is 5.75 Å². The van der Waals surface area contributed by atoms with Crippen LogP contribution in [0.5, 0.6) is 5.75 Å². The minimum Gasteiger partial charge on any atom is -0.507 e. The number of nitrogens with zero attached hydrogens (tertiary/aromatic N) is 3.